The number of para-hydroxylation sites is 2. The van der Waals surface area contributed by atoms with Crippen molar-refractivity contribution in [3.63, 3.8) is 0 Å². The van der Waals surface area contributed by atoms with Gasteiger partial charge in [0.2, 0.25) is 0 Å². The number of nitrogens with zero attached hydrogens (tertiary/aromatic N) is 1. The summed E-state index contributed by atoms with van der Waals surface area (Å²) in [7, 11) is 3.63. The van der Waals surface area contributed by atoms with Crippen LogP contribution in [0.25, 0.3) is 6.08 Å². The summed E-state index contributed by atoms with van der Waals surface area (Å²) in [6.45, 7) is 2.40. The summed E-state index contributed by atoms with van der Waals surface area (Å²) in [5.74, 6) is 1.85. The lowest BCUT2D eigenvalue weighted by atomic mass is 10.0. The monoisotopic (exact) mass is 487 g/mol. The van der Waals surface area contributed by atoms with E-state index in [4.69, 9.17) is 14.2 Å². The zero-order valence-corrected chi connectivity index (χ0v) is 20.9. The van der Waals surface area contributed by atoms with Gasteiger partial charge < -0.3 is 24.2 Å². The Morgan fingerprint density at radius 2 is 1.67 bits per heavy atom. The standard InChI is InChI=1S/C30H33NO5/c1-31-17-15-26(16-18-31)36-30-10-6-5-9-29(30)35-21-24-8-4-3-7-23(24)20-25(32)13-11-22-12-14-28(34-2)27(33)19-22/h3-14,19,26,33H,15-18,20-21H2,1-2H3/b13-11+. The van der Waals surface area contributed by atoms with Gasteiger partial charge in [0.25, 0.3) is 0 Å². The predicted octanol–water partition coefficient (Wildman–Crippen LogP) is 5.28. The van der Waals surface area contributed by atoms with Crippen molar-refractivity contribution in [2.75, 3.05) is 27.2 Å². The normalized spacial score (nSPS) is 14.6. The molecule has 0 bridgehead atoms. The number of ketones is 1. The predicted molar refractivity (Wildman–Crippen MR) is 141 cm³/mol. The molecule has 1 fully saturated rings. The summed E-state index contributed by atoms with van der Waals surface area (Å²) in [5.41, 5.74) is 2.59. The van der Waals surface area contributed by atoms with E-state index in [1.54, 1.807) is 24.3 Å². The Bertz CT molecular complexity index is 1200. The number of ether oxygens (including phenoxy) is 3. The fraction of sp³-hybridized carbons (Fsp3) is 0.300. The van der Waals surface area contributed by atoms with Gasteiger partial charge in [-0.2, -0.15) is 0 Å². The van der Waals surface area contributed by atoms with Crippen LogP contribution in [0.3, 0.4) is 0 Å². The summed E-state index contributed by atoms with van der Waals surface area (Å²) in [4.78, 5) is 15.0. The maximum atomic E-state index is 12.7. The zero-order chi connectivity index (χ0) is 25.3. The van der Waals surface area contributed by atoms with Gasteiger partial charge in [-0.25, -0.2) is 0 Å². The molecular weight excluding hydrogens is 454 g/mol. The van der Waals surface area contributed by atoms with Crippen LogP contribution in [0.2, 0.25) is 0 Å². The topological polar surface area (TPSA) is 68.2 Å². The van der Waals surface area contributed by atoms with Crippen LogP contribution in [0.15, 0.2) is 72.8 Å². The van der Waals surface area contributed by atoms with Crippen LogP contribution in [0.1, 0.15) is 29.5 Å². The molecule has 0 spiro atoms. The zero-order valence-electron chi connectivity index (χ0n) is 20.9. The molecule has 3 aromatic rings. The summed E-state index contributed by atoms with van der Waals surface area (Å²) in [6.07, 6.45) is 5.67. The minimum Gasteiger partial charge on any atom is -0.504 e. The van der Waals surface area contributed by atoms with E-state index in [1.807, 2.05) is 48.5 Å². The van der Waals surface area contributed by atoms with Gasteiger partial charge >= 0.3 is 0 Å². The molecule has 1 N–H and O–H groups in total. The number of piperidine rings is 1. The van der Waals surface area contributed by atoms with Crippen LogP contribution in [0.4, 0.5) is 0 Å². The van der Waals surface area contributed by atoms with Gasteiger partial charge in [-0.1, -0.05) is 48.5 Å². The molecule has 0 aliphatic carbocycles. The van der Waals surface area contributed by atoms with Crippen LogP contribution in [0, 0.1) is 0 Å². The molecule has 1 heterocycles. The van der Waals surface area contributed by atoms with Gasteiger partial charge in [0.05, 0.1) is 7.11 Å². The van der Waals surface area contributed by atoms with Crippen molar-refractivity contribution >= 4 is 11.9 Å². The highest BCUT2D eigenvalue weighted by Crippen LogP contribution is 2.30. The quantitative estimate of drug-likeness (QED) is 0.393. The van der Waals surface area contributed by atoms with Gasteiger partial charge in [-0.3, -0.25) is 4.79 Å². The van der Waals surface area contributed by atoms with Crippen molar-refractivity contribution in [2.45, 2.75) is 32.0 Å². The molecule has 6 heteroatoms. The number of allylic oxidation sites excluding steroid dienone is 1. The van der Waals surface area contributed by atoms with Gasteiger partial charge in [-0.05, 0) is 66.9 Å². The van der Waals surface area contributed by atoms with Crippen LogP contribution in [-0.2, 0) is 17.8 Å². The number of hydrogen-bond donors (Lipinski definition) is 1. The van der Waals surface area contributed by atoms with Crippen molar-refractivity contribution in [1.82, 2.24) is 4.90 Å². The summed E-state index contributed by atoms with van der Waals surface area (Å²) in [6, 6.07) is 20.6. The van der Waals surface area contributed by atoms with Crippen LogP contribution < -0.4 is 14.2 Å². The van der Waals surface area contributed by atoms with E-state index in [-0.39, 0.29) is 24.1 Å². The number of aromatic hydroxyl groups is 1. The molecular formula is C30H33NO5. The molecule has 3 aromatic carbocycles. The Labute approximate surface area is 212 Å². The highest BCUT2D eigenvalue weighted by atomic mass is 16.5. The first-order valence-corrected chi connectivity index (χ1v) is 12.2. The third kappa shape index (κ3) is 6.89. The molecule has 1 aliphatic rings. The number of hydrogen-bond acceptors (Lipinski definition) is 6. The molecule has 1 aliphatic heterocycles. The second kappa shape index (κ2) is 12.3. The van der Waals surface area contributed by atoms with Gasteiger partial charge in [0, 0.05) is 19.5 Å². The van der Waals surface area contributed by atoms with Crippen LogP contribution >= 0.6 is 0 Å². The lowest BCUT2D eigenvalue weighted by Gasteiger charge is -2.29. The second-order valence-electron chi connectivity index (χ2n) is 9.03. The molecule has 0 atom stereocenters. The van der Waals surface area contributed by atoms with Crippen LogP contribution in [-0.4, -0.2) is 49.1 Å². The maximum absolute atomic E-state index is 12.7. The molecule has 0 amide bonds. The lowest BCUT2D eigenvalue weighted by Crippen LogP contribution is -2.35. The third-order valence-electron chi connectivity index (χ3n) is 6.34. The Balaban J connectivity index is 1.38. The Morgan fingerprint density at radius 1 is 0.972 bits per heavy atom. The highest BCUT2D eigenvalue weighted by Gasteiger charge is 2.19. The van der Waals surface area contributed by atoms with Gasteiger partial charge in [0.1, 0.15) is 12.7 Å². The first-order chi connectivity index (χ1) is 17.5. The van der Waals surface area contributed by atoms with Crippen molar-refractivity contribution in [3.8, 4) is 23.0 Å². The highest BCUT2D eigenvalue weighted by molar-refractivity contribution is 5.95. The summed E-state index contributed by atoms with van der Waals surface area (Å²) < 4.78 is 17.5. The van der Waals surface area contributed by atoms with Crippen molar-refractivity contribution < 1.29 is 24.1 Å². The van der Waals surface area contributed by atoms with E-state index in [0.717, 1.165) is 48.4 Å². The van der Waals surface area contributed by atoms with E-state index in [9.17, 15) is 9.90 Å². The minimum atomic E-state index is -0.0382. The summed E-state index contributed by atoms with van der Waals surface area (Å²) in [5, 5.41) is 9.93. The van der Waals surface area contributed by atoms with Crippen molar-refractivity contribution in [1.29, 1.82) is 0 Å². The number of phenols is 1. The van der Waals surface area contributed by atoms with Crippen LogP contribution in [0.5, 0.6) is 23.0 Å². The third-order valence-corrected chi connectivity index (χ3v) is 6.34. The fourth-order valence-electron chi connectivity index (χ4n) is 4.22. The first-order valence-electron chi connectivity index (χ1n) is 12.2. The smallest absolute Gasteiger partial charge is 0.161 e. The van der Waals surface area contributed by atoms with E-state index >= 15 is 0 Å². The van der Waals surface area contributed by atoms with Gasteiger partial charge in [0.15, 0.2) is 28.8 Å². The summed E-state index contributed by atoms with van der Waals surface area (Å²) >= 11 is 0. The number of methoxy groups -OCH3 is 1. The van der Waals surface area contributed by atoms with E-state index in [1.165, 1.54) is 13.2 Å². The number of rotatable bonds is 10. The van der Waals surface area contributed by atoms with Crippen molar-refractivity contribution in [3.05, 3.63) is 89.5 Å². The number of carbonyl (C=O) groups is 1. The molecule has 36 heavy (non-hydrogen) atoms. The molecule has 0 unspecified atom stereocenters. The Kier molecular flexibility index (Phi) is 8.63. The lowest BCUT2D eigenvalue weighted by molar-refractivity contribution is -0.113. The van der Waals surface area contributed by atoms with Gasteiger partial charge in [-0.15, -0.1) is 0 Å². The Hall–Kier alpha value is -3.77. The fourth-order valence-corrected chi connectivity index (χ4v) is 4.22. The second-order valence-corrected chi connectivity index (χ2v) is 9.03. The number of likely N-dealkylation sites (tertiary alicyclic amines) is 1. The van der Waals surface area contributed by atoms with E-state index in [0.29, 0.717) is 18.1 Å². The molecule has 1 saturated heterocycles. The molecule has 4 rings (SSSR count). The number of carbonyl (C=O) groups excluding carboxylic acids is 1. The van der Waals surface area contributed by atoms with E-state index < -0.39 is 0 Å². The largest absolute Gasteiger partial charge is 0.504 e. The first kappa shape index (κ1) is 25.3. The molecule has 0 aromatic heterocycles. The number of phenolic OH excluding ortho intramolecular Hbond substituents is 1. The Morgan fingerprint density at radius 3 is 2.39 bits per heavy atom. The molecule has 0 saturated carbocycles. The average molecular weight is 488 g/mol. The average Bonchev–Trinajstić information content (AvgIpc) is 2.89. The number of benzene rings is 3. The van der Waals surface area contributed by atoms with Crippen molar-refractivity contribution in [2.24, 2.45) is 0 Å². The molecule has 0 radical (unpaired) electrons. The SMILES string of the molecule is COc1ccc(/C=C/C(=O)Cc2ccccc2COc2ccccc2OC2CCN(C)CC2)cc1O. The van der Waals surface area contributed by atoms with E-state index in [2.05, 4.69) is 11.9 Å². The minimum absolute atomic E-state index is 0.0367. The maximum Gasteiger partial charge on any atom is 0.161 e. The molecule has 188 valence electrons. The molecule has 6 nitrogen and oxygen atoms in total.